The number of phosphoric acid groups is 1. The summed E-state index contributed by atoms with van der Waals surface area (Å²) in [6.45, 7) is 7.99. The van der Waals surface area contributed by atoms with E-state index in [1.165, 1.54) is 47.3 Å². The standard InChI is InChI=1S/C43H51F2N8O12P/c1-4-39(29(2)63-42(56)65-30(3)64-40(54)15-20-62-66(57,58)59)53-41(55)52(28-48-53)35-8-6-33(7-9-35)49-16-18-50(19-17-49)34-10-12-36(13-11-34)60-23-31-22-43(61-24-31,25-51-27-46-26-47-51)37-14-5-32(44)21-38(37)45/h5-14,21,26-31,39H,4,15-20,22-25H2,1-3H3,(H2,57,58,59)/t29-,30?,31+,39-,43-/m0/s1. The highest BCUT2D eigenvalue weighted by atomic mass is 31.2. The van der Waals surface area contributed by atoms with Crippen molar-refractivity contribution in [3.63, 3.8) is 0 Å². The number of esters is 1. The number of nitrogens with zero attached hydrogens (tertiary/aromatic N) is 8. The first-order valence-electron chi connectivity index (χ1n) is 21.3. The minimum atomic E-state index is -4.75. The molecular formula is C43H51F2N8O12P. The molecule has 66 heavy (non-hydrogen) atoms. The van der Waals surface area contributed by atoms with Gasteiger partial charge in [0.25, 0.3) is 0 Å². The van der Waals surface area contributed by atoms with Gasteiger partial charge >= 0.3 is 25.6 Å². The summed E-state index contributed by atoms with van der Waals surface area (Å²) in [6.07, 6.45) is 1.23. The molecule has 2 aliphatic rings. The van der Waals surface area contributed by atoms with Crippen LogP contribution in [-0.2, 0) is 45.0 Å². The van der Waals surface area contributed by atoms with Gasteiger partial charge < -0.3 is 43.3 Å². The molecule has 4 heterocycles. The zero-order chi connectivity index (χ0) is 47.0. The van der Waals surface area contributed by atoms with Gasteiger partial charge in [-0.3, -0.25) is 9.32 Å². The molecule has 3 aromatic carbocycles. The number of carbonyl (C=O) groups is 2. The van der Waals surface area contributed by atoms with Gasteiger partial charge in [-0.25, -0.2) is 41.8 Å². The maximum Gasteiger partial charge on any atom is 0.511 e. The highest BCUT2D eigenvalue weighted by molar-refractivity contribution is 7.46. The van der Waals surface area contributed by atoms with E-state index in [0.29, 0.717) is 37.5 Å². The minimum absolute atomic E-state index is 0.0527. The first-order valence-corrected chi connectivity index (χ1v) is 22.8. The van der Waals surface area contributed by atoms with Crippen molar-refractivity contribution in [2.45, 2.75) is 70.6 Å². The Labute approximate surface area is 377 Å². The van der Waals surface area contributed by atoms with E-state index < -0.39 is 74.3 Å². The molecule has 0 amide bonds. The topological polar surface area (TPSA) is 224 Å². The number of rotatable bonds is 19. The summed E-state index contributed by atoms with van der Waals surface area (Å²) < 4.78 is 75.6. The molecule has 2 saturated heterocycles. The lowest BCUT2D eigenvalue weighted by Crippen LogP contribution is -2.46. The number of piperazine rings is 1. The van der Waals surface area contributed by atoms with Crippen LogP contribution < -0.4 is 20.2 Å². The van der Waals surface area contributed by atoms with Gasteiger partial charge in [-0.15, -0.1) is 0 Å². The van der Waals surface area contributed by atoms with Crippen LogP contribution in [0.5, 0.6) is 5.75 Å². The van der Waals surface area contributed by atoms with E-state index in [0.717, 1.165) is 43.6 Å². The summed E-state index contributed by atoms with van der Waals surface area (Å²) in [7, 11) is -4.75. The van der Waals surface area contributed by atoms with Crippen LogP contribution in [0.1, 0.15) is 51.6 Å². The molecular weight excluding hydrogens is 889 g/mol. The predicted molar refractivity (Wildman–Crippen MR) is 231 cm³/mol. The minimum Gasteiger partial charge on any atom is -0.493 e. The first kappa shape index (κ1) is 47.8. The number of halogens is 2. The highest BCUT2D eigenvalue weighted by Gasteiger charge is 2.45. The molecule has 20 nitrogen and oxygen atoms in total. The number of hydrogen-bond donors (Lipinski definition) is 2. The van der Waals surface area contributed by atoms with E-state index in [-0.39, 0.29) is 18.0 Å². The molecule has 23 heteroatoms. The van der Waals surface area contributed by atoms with Crippen molar-refractivity contribution >= 4 is 31.3 Å². The molecule has 2 aromatic heterocycles. The number of phosphoric ester groups is 1. The lowest BCUT2D eigenvalue weighted by Gasteiger charge is -2.37. The van der Waals surface area contributed by atoms with E-state index in [1.54, 1.807) is 18.5 Å². The maximum atomic E-state index is 15.0. The fraction of sp³-hybridized carbons (Fsp3) is 0.442. The summed E-state index contributed by atoms with van der Waals surface area (Å²) in [5.41, 5.74) is 1.40. The van der Waals surface area contributed by atoms with Gasteiger partial charge in [0.05, 0.1) is 44.5 Å². The molecule has 354 valence electrons. The first-order chi connectivity index (χ1) is 31.6. The van der Waals surface area contributed by atoms with Gasteiger partial charge in [0, 0.05) is 62.0 Å². The van der Waals surface area contributed by atoms with Crippen LogP contribution in [0, 0.1) is 17.6 Å². The molecule has 2 aliphatic heterocycles. The van der Waals surface area contributed by atoms with Gasteiger partial charge in [-0.2, -0.15) is 10.2 Å². The third-order valence-electron chi connectivity index (χ3n) is 11.4. The quantitative estimate of drug-likeness (QED) is 0.0622. The number of carbonyl (C=O) groups excluding carboxylic acids is 2. The van der Waals surface area contributed by atoms with Crippen LogP contribution in [0.3, 0.4) is 0 Å². The second-order valence-corrected chi connectivity index (χ2v) is 17.2. The number of hydrogen-bond acceptors (Lipinski definition) is 15. The third-order valence-corrected chi connectivity index (χ3v) is 11.9. The zero-order valence-electron chi connectivity index (χ0n) is 36.4. The smallest absolute Gasteiger partial charge is 0.493 e. The molecule has 2 fully saturated rings. The van der Waals surface area contributed by atoms with E-state index in [1.807, 2.05) is 48.5 Å². The molecule has 0 radical (unpaired) electrons. The SMILES string of the molecule is CC[C@@H]([C@H](C)OC(=O)OC(C)OC(=O)CCOP(=O)(O)O)n1ncn(-c2ccc(N3CCN(c4ccc(OC[C@@H]5CO[C@@](Cn6cncn6)(c6ccc(F)cc6F)C5)cc4)CC3)cc2)c1=O. The molecule has 2 N–H and O–H groups in total. The fourth-order valence-electron chi connectivity index (χ4n) is 8.14. The summed E-state index contributed by atoms with van der Waals surface area (Å²) in [6, 6.07) is 18.3. The average Bonchev–Trinajstić information content (AvgIpc) is 4.04. The summed E-state index contributed by atoms with van der Waals surface area (Å²) >= 11 is 0. The van der Waals surface area contributed by atoms with Crippen LogP contribution >= 0.6 is 7.82 Å². The Balaban J connectivity index is 0.870. The second-order valence-electron chi connectivity index (χ2n) is 15.9. The van der Waals surface area contributed by atoms with Crippen molar-refractivity contribution in [3.8, 4) is 11.4 Å². The third kappa shape index (κ3) is 12.0. The van der Waals surface area contributed by atoms with Crippen molar-refractivity contribution in [2.24, 2.45) is 5.92 Å². The fourth-order valence-corrected chi connectivity index (χ4v) is 8.46. The Bertz CT molecular complexity index is 2520. The Kier molecular flexibility index (Phi) is 15.2. The Morgan fingerprint density at radius 1 is 0.909 bits per heavy atom. The lowest BCUT2D eigenvalue weighted by atomic mass is 9.87. The summed E-state index contributed by atoms with van der Waals surface area (Å²) in [5.74, 6) is -1.62. The average molecular weight is 941 g/mol. The van der Waals surface area contributed by atoms with E-state index in [2.05, 4.69) is 29.5 Å². The van der Waals surface area contributed by atoms with Crippen molar-refractivity contribution in [1.82, 2.24) is 29.1 Å². The molecule has 7 rings (SSSR count). The molecule has 5 aromatic rings. The predicted octanol–water partition coefficient (Wildman–Crippen LogP) is 5.12. The van der Waals surface area contributed by atoms with Crippen LogP contribution in [0.15, 0.2) is 90.5 Å². The Morgan fingerprint density at radius 3 is 2.20 bits per heavy atom. The Hall–Kier alpha value is -6.19. The number of anilines is 2. The number of aromatic nitrogens is 6. The van der Waals surface area contributed by atoms with Crippen LogP contribution in [0.25, 0.3) is 5.69 Å². The Morgan fingerprint density at radius 2 is 1.58 bits per heavy atom. The van der Waals surface area contributed by atoms with E-state index >= 15 is 4.39 Å². The van der Waals surface area contributed by atoms with Gasteiger partial charge in [0.15, 0.2) is 0 Å². The van der Waals surface area contributed by atoms with Crippen molar-refractivity contribution < 1.29 is 60.9 Å². The van der Waals surface area contributed by atoms with Crippen LogP contribution in [0.2, 0.25) is 0 Å². The van der Waals surface area contributed by atoms with Gasteiger partial charge in [0.2, 0.25) is 6.29 Å². The number of benzene rings is 3. The molecule has 0 bridgehead atoms. The van der Waals surface area contributed by atoms with E-state index in [9.17, 15) is 23.3 Å². The summed E-state index contributed by atoms with van der Waals surface area (Å²) in [4.78, 5) is 63.9. The number of ether oxygens (including phenoxy) is 5. The highest BCUT2D eigenvalue weighted by Crippen LogP contribution is 2.42. The summed E-state index contributed by atoms with van der Waals surface area (Å²) in [5, 5.41) is 8.47. The van der Waals surface area contributed by atoms with Crippen LogP contribution in [0.4, 0.5) is 25.0 Å². The maximum absolute atomic E-state index is 15.0. The van der Waals surface area contributed by atoms with Gasteiger partial charge in [-0.05, 0) is 74.4 Å². The normalized spacial score (nSPS) is 19.0. The van der Waals surface area contributed by atoms with E-state index in [4.69, 9.17) is 33.5 Å². The lowest BCUT2D eigenvalue weighted by molar-refractivity contribution is -0.169. The van der Waals surface area contributed by atoms with Gasteiger partial charge in [-0.1, -0.05) is 13.0 Å². The molecule has 0 aliphatic carbocycles. The van der Waals surface area contributed by atoms with Crippen molar-refractivity contribution in [3.05, 3.63) is 113 Å². The van der Waals surface area contributed by atoms with Crippen LogP contribution in [-0.4, -0.2) is 109 Å². The molecule has 1 unspecified atom stereocenters. The van der Waals surface area contributed by atoms with Crippen molar-refractivity contribution in [2.75, 3.05) is 55.8 Å². The van der Waals surface area contributed by atoms with Crippen molar-refractivity contribution in [1.29, 1.82) is 0 Å². The van der Waals surface area contributed by atoms with Gasteiger partial charge in [0.1, 0.15) is 48.1 Å². The zero-order valence-corrected chi connectivity index (χ0v) is 37.3. The second kappa shape index (κ2) is 21.0. The monoisotopic (exact) mass is 940 g/mol. The molecule has 0 saturated carbocycles. The largest absolute Gasteiger partial charge is 0.511 e. The molecule has 5 atom stereocenters. The molecule has 0 spiro atoms.